The molecule has 1 aromatic heterocycles. The zero-order chi connectivity index (χ0) is 12.3. The fraction of sp³-hybridized carbons (Fsp3) is 0. The van der Waals surface area contributed by atoms with Crippen LogP contribution in [0.3, 0.4) is 0 Å². The van der Waals surface area contributed by atoms with Gasteiger partial charge in [-0.3, -0.25) is 5.43 Å². The number of hydrogen-bond acceptors (Lipinski definition) is 5. The summed E-state index contributed by atoms with van der Waals surface area (Å²) in [6.07, 6.45) is 1.06. The minimum Gasteiger partial charge on any atom is -0.292 e. The normalized spacial score (nSPS) is 10.3. The fourth-order valence-electron chi connectivity index (χ4n) is 1.13. The van der Waals surface area contributed by atoms with Gasteiger partial charge in [0.15, 0.2) is 5.82 Å². The molecule has 1 aromatic carbocycles. The third kappa shape index (κ3) is 3.06. The van der Waals surface area contributed by atoms with E-state index in [4.69, 9.17) is 17.4 Å². The first-order chi connectivity index (χ1) is 8.19. The molecule has 88 valence electrons. The van der Waals surface area contributed by atoms with E-state index >= 15 is 0 Å². The second-order valence-electron chi connectivity index (χ2n) is 3.05. The van der Waals surface area contributed by atoms with E-state index in [1.54, 1.807) is 18.2 Å². The van der Waals surface area contributed by atoms with Crippen molar-refractivity contribution in [1.29, 1.82) is 0 Å². The highest BCUT2D eigenvalue weighted by Crippen LogP contribution is 2.29. The Morgan fingerprint density at radius 2 is 2.24 bits per heavy atom. The molecule has 7 heteroatoms. The number of aromatic nitrogens is 2. The van der Waals surface area contributed by atoms with Gasteiger partial charge in [-0.25, -0.2) is 20.2 Å². The Hall–Kier alpha value is -1.37. The van der Waals surface area contributed by atoms with Gasteiger partial charge in [-0.2, -0.15) is 0 Å². The number of nitrogens with zero attached hydrogens (tertiary/aromatic N) is 2. The van der Waals surface area contributed by atoms with E-state index < -0.39 is 5.82 Å². The SMILES string of the molecule is NNc1ncc(F)c(Sc2cccc(Cl)c2)n1. The average molecular weight is 271 g/mol. The number of nitrogen functional groups attached to an aromatic ring is 1. The highest BCUT2D eigenvalue weighted by molar-refractivity contribution is 7.99. The maximum atomic E-state index is 13.4. The van der Waals surface area contributed by atoms with E-state index in [-0.39, 0.29) is 11.0 Å². The fourth-order valence-corrected chi connectivity index (χ4v) is 2.23. The summed E-state index contributed by atoms with van der Waals surface area (Å²) < 4.78 is 13.4. The van der Waals surface area contributed by atoms with Crippen molar-refractivity contribution >= 4 is 29.3 Å². The number of rotatable bonds is 3. The van der Waals surface area contributed by atoms with Crippen molar-refractivity contribution in [2.45, 2.75) is 9.92 Å². The molecular weight excluding hydrogens is 263 g/mol. The molecule has 0 bridgehead atoms. The third-order valence-electron chi connectivity index (χ3n) is 1.85. The molecule has 0 fully saturated rings. The first-order valence-corrected chi connectivity index (χ1v) is 5.81. The van der Waals surface area contributed by atoms with Crippen LogP contribution in [0.25, 0.3) is 0 Å². The van der Waals surface area contributed by atoms with Crippen LogP contribution >= 0.6 is 23.4 Å². The largest absolute Gasteiger partial charge is 0.292 e. The Balaban J connectivity index is 2.29. The molecule has 0 aliphatic carbocycles. The van der Waals surface area contributed by atoms with Crippen LogP contribution in [-0.4, -0.2) is 9.97 Å². The first kappa shape index (κ1) is 12.1. The molecule has 2 rings (SSSR count). The molecule has 17 heavy (non-hydrogen) atoms. The minimum absolute atomic E-state index is 0.163. The number of anilines is 1. The summed E-state index contributed by atoms with van der Waals surface area (Å²) in [6.45, 7) is 0. The van der Waals surface area contributed by atoms with Crippen molar-refractivity contribution in [3.8, 4) is 0 Å². The maximum Gasteiger partial charge on any atom is 0.238 e. The van der Waals surface area contributed by atoms with Gasteiger partial charge < -0.3 is 0 Å². The second kappa shape index (κ2) is 5.31. The number of hydrazine groups is 1. The average Bonchev–Trinajstić information content (AvgIpc) is 2.32. The summed E-state index contributed by atoms with van der Waals surface area (Å²) in [5.41, 5.74) is 2.26. The Labute approximate surface area is 106 Å². The van der Waals surface area contributed by atoms with Gasteiger partial charge in [-0.15, -0.1) is 0 Å². The van der Waals surface area contributed by atoms with E-state index in [1.807, 2.05) is 6.07 Å². The van der Waals surface area contributed by atoms with Crippen molar-refractivity contribution in [3.05, 3.63) is 41.3 Å². The zero-order valence-corrected chi connectivity index (χ0v) is 10.1. The highest BCUT2D eigenvalue weighted by atomic mass is 35.5. The lowest BCUT2D eigenvalue weighted by molar-refractivity contribution is 0.580. The molecule has 2 aromatic rings. The molecule has 0 aliphatic heterocycles. The Kier molecular flexibility index (Phi) is 3.78. The standard InChI is InChI=1S/C10H8ClFN4S/c11-6-2-1-3-7(4-6)17-9-8(12)5-14-10(15-9)16-13/h1-5H,13H2,(H,14,15,16). The van der Waals surface area contributed by atoms with E-state index in [9.17, 15) is 4.39 Å². The van der Waals surface area contributed by atoms with Crippen molar-refractivity contribution in [1.82, 2.24) is 9.97 Å². The molecule has 0 amide bonds. The first-order valence-electron chi connectivity index (χ1n) is 4.61. The van der Waals surface area contributed by atoms with Gasteiger partial charge >= 0.3 is 0 Å². The molecule has 0 unspecified atom stereocenters. The summed E-state index contributed by atoms with van der Waals surface area (Å²) in [6, 6.07) is 7.07. The van der Waals surface area contributed by atoms with Crippen LogP contribution in [0.1, 0.15) is 0 Å². The predicted molar refractivity (Wildman–Crippen MR) is 65.4 cm³/mol. The summed E-state index contributed by atoms with van der Waals surface area (Å²) in [7, 11) is 0. The van der Waals surface area contributed by atoms with Crippen molar-refractivity contribution < 1.29 is 4.39 Å². The quantitative estimate of drug-likeness (QED) is 0.510. The van der Waals surface area contributed by atoms with Gasteiger partial charge in [0.2, 0.25) is 5.95 Å². The Bertz CT molecular complexity index is 537. The van der Waals surface area contributed by atoms with Gasteiger partial charge in [0.05, 0.1) is 6.20 Å². The van der Waals surface area contributed by atoms with Crippen LogP contribution in [0.5, 0.6) is 0 Å². The van der Waals surface area contributed by atoms with Gasteiger partial charge in [-0.05, 0) is 18.2 Å². The number of benzene rings is 1. The summed E-state index contributed by atoms with van der Waals surface area (Å²) >= 11 is 6.99. The Morgan fingerprint density at radius 3 is 2.94 bits per heavy atom. The van der Waals surface area contributed by atoms with Crippen LogP contribution in [0, 0.1) is 5.82 Å². The van der Waals surface area contributed by atoms with Crippen molar-refractivity contribution in [3.63, 3.8) is 0 Å². The monoisotopic (exact) mass is 270 g/mol. The zero-order valence-electron chi connectivity index (χ0n) is 8.52. The lowest BCUT2D eigenvalue weighted by atomic mass is 10.4. The van der Waals surface area contributed by atoms with Crippen molar-refractivity contribution in [2.75, 3.05) is 5.43 Å². The summed E-state index contributed by atoms with van der Waals surface area (Å²) in [5, 5.41) is 0.775. The van der Waals surface area contributed by atoms with Crippen molar-refractivity contribution in [2.24, 2.45) is 5.84 Å². The number of halogens is 2. The molecule has 0 aliphatic rings. The van der Waals surface area contributed by atoms with Crippen LogP contribution in [0.15, 0.2) is 40.4 Å². The highest BCUT2D eigenvalue weighted by Gasteiger charge is 2.08. The Morgan fingerprint density at radius 1 is 1.41 bits per heavy atom. The number of hydrogen-bond donors (Lipinski definition) is 2. The smallest absolute Gasteiger partial charge is 0.238 e. The maximum absolute atomic E-state index is 13.4. The molecule has 0 spiro atoms. The summed E-state index contributed by atoms with van der Waals surface area (Å²) in [5.74, 6) is 4.82. The molecule has 1 heterocycles. The molecular formula is C10H8ClFN4S. The van der Waals surface area contributed by atoms with E-state index in [0.717, 1.165) is 22.9 Å². The minimum atomic E-state index is -0.506. The van der Waals surface area contributed by atoms with E-state index in [1.165, 1.54) is 0 Å². The molecule has 0 saturated heterocycles. The predicted octanol–water partition coefficient (Wildman–Crippen LogP) is 2.71. The lowest BCUT2D eigenvalue weighted by Gasteiger charge is -2.04. The van der Waals surface area contributed by atoms with Crippen LogP contribution in [-0.2, 0) is 0 Å². The topological polar surface area (TPSA) is 63.8 Å². The third-order valence-corrected chi connectivity index (χ3v) is 3.06. The summed E-state index contributed by atoms with van der Waals surface area (Å²) in [4.78, 5) is 8.36. The second-order valence-corrected chi connectivity index (χ2v) is 4.55. The number of nitrogens with one attached hydrogen (secondary N) is 1. The molecule has 3 N–H and O–H groups in total. The van der Waals surface area contributed by atoms with Crippen LogP contribution < -0.4 is 11.3 Å². The molecule has 4 nitrogen and oxygen atoms in total. The molecule has 0 atom stereocenters. The van der Waals surface area contributed by atoms with E-state index in [0.29, 0.717) is 5.02 Å². The number of nitrogens with two attached hydrogens (primary N) is 1. The molecule has 0 saturated carbocycles. The molecule has 0 radical (unpaired) electrons. The van der Waals surface area contributed by atoms with Gasteiger partial charge in [0, 0.05) is 9.92 Å². The lowest BCUT2D eigenvalue weighted by Crippen LogP contribution is -2.11. The van der Waals surface area contributed by atoms with Crippen LogP contribution in [0.2, 0.25) is 5.02 Å². The van der Waals surface area contributed by atoms with Gasteiger partial charge in [-0.1, -0.05) is 29.4 Å². The van der Waals surface area contributed by atoms with Crippen LogP contribution in [0.4, 0.5) is 10.3 Å². The van der Waals surface area contributed by atoms with Gasteiger partial charge in [0.25, 0.3) is 0 Å². The van der Waals surface area contributed by atoms with Gasteiger partial charge in [0.1, 0.15) is 5.03 Å². The van der Waals surface area contributed by atoms with E-state index in [2.05, 4.69) is 15.4 Å².